The lowest BCUT2D eigenvalue weighted by molar-refractivity contribution is -0.125. The first kappa shape index (κ1) is 18.5. The van der Waals surface area contributed by atoms with E-state index in [0.717, 1.165) is 53.6 Å². The summed E-state index contributed by atoms with van der Waals surface area (Å²) < 4.78 is 6.45. The fourth-order valence-electron chi connectivity index (χ4n) is 4.30. The van der Waals surface area contributed by atoms with Gasteiger partial charge in [-0.1, -0.05) is 30.6 Å². The Labute approximate surface area is 165 Å². The molecule has 1 aliphatic carbocycles. The molecule has 2 aliphatic rings. The molecule has 1 saturated heterocycles. The van der Waals surface area contributed by atoms with Crippen molar-refractivity contribution in [3.8, 4) is 5.75 Å². The number of hydrogen-bond acceptors (Lipinski definition) is 5. The van der Waals surface area contributed by atoms with Crippen LogP contribution in [-0.4, -0.2) is 37.6 Å². The molecule has 1 N–H and O–H groups in total. The van der Waals surface area contributed by atoms with Crippen LogP contribution in [0.2, 0.25) is 0 Å². The van der Waals surface area contributed by atoms with Crippen LogP contribution in [0.3, 0.4) is 0 Å². The van der Waals surface area contributed by atoms with Crippen LogP contribution < -0.4 is 15.0 Å². The van der Waals surface area contributed by atoms with E-state index in [2.05, 4.69) is 10.2 Å². The van der Waals surface area contributed by atoms with Crippen LogP contribution in [0.25, 0.3) is 10.2 Å². The molecule has 1 aromatic heterocycles. The lowest BCUT2D eigenvalue weighted by atomic mass is 9.89. The molecule has 1 amide bonds. The Balaban J connectivity index is 1.37. The molecule has 1 aliphatic heterocycles. The highest BCUT2D eigenvalue weighted by Gasteiger charge is 2.28. The maximum atomic E-state index is 12.7. The lowest BCUT2D eigenvalue weighted by Crippen LogP contribution is -2.44. The quantitative estimate of drug-likeness (QED) is 0.835. The molecular weight excluding hydrogens is 358 g/mol. The number of carbonyl (C=O) groups is 1. The van der Waals surface area contributed by atoms with Crippen molar-refractivity contribution in [3.05, 3.63) is 18.2 Å². The van der Waals surface area contributed by atoms with E-state index >= 15 is 0 Å². The molecule has 2 aromatic rings. The zero-order valence-corrected chi connectivity index (χ0v) is 16.9. The highest BCUT2D eigenvalue weighted by molar-refractivity contribution is 7.22. The Morgan fingerprint density at radius 2 is 2.11 bits per heavy atom. The van der Waals surface area contributed by atoms with Gasteiger partial charge in [0.1, 0.15) is 5.75 Å². The van der Waals surface area contributed by atoms with Gasteiger partial charge in [-0.25, -0.2) is 4.98 Å². The molecule has 0 radical (unpaired) electrons. The first-order valence-electron chi connectivity index (χ1n) is 10.2. The highest BCUT2D eigenvalue weighted by atomic mass is 32.1. The van der Waals surface area contributed by atoms with Crippen LogP contribution >= 0.6 is 11.3 Å². The number of carbonyl (C=O) groups excluding carboxylic acids is 1. The summed E-state index contributed by atoms with van der Waals surface area (Å²) in [5, 5.41) is 4.25. The summed E-state index contributed by atoms with van der Waals surface area (Å²) in [5.74, 6) is 1.84. The molecule has 2 fully saturated rings. The molecule has 0 bridgehead atoms. The van der Waals surface area contributed by atoms with E-state index in [9.17, 15) is 4.79 Å². The van der Waals surface area contributed by atoms with Crippen molar-refractivity contribution in [1.82, 2.24) is 10.3 Å². The molecule has 1 unspecified atom stereocenters. The molecule has 146 valence electrons. The maximum absolute atomic E-state index is 12.7. The molecule has 1 aromatic carbocycles. The van der Waals surface area contributed by atoms with E-state index in [-0.39, 0.29) is 11.8 Å². The Morgan fingerprint density at radius 1 is 1.26 bits per heavy atom. The normalized spacial score (nSPS) is 21.4. The van der Waals surface area contributed by atoms with Gasteiger partial charge in [-0.15, -0.1) is 0 Å². The van der Waals surface area contributed by atoms with E-state index in [4.69, 9.17) is 9.72 Å². The maximum Gasteiger partial charge on any atom is 0.224 e. The Bertz CT molecular complexity index is 785. The summed E-state index contributed by atoms with van der Waals surface area (Å²) in [4.78, 5) is 19.8. The van der Waals surface area contributed by atoms with Gasteiger partial charge in [-0.05, 0) is 49.8 Å². The second-order valence-electron chi connectivity index (χ2n) is 7.86. The number of nitrogens with one attached hydrogen (secondary N) is 1. The summed E-state index contributed by atoms with van der Waals surface area (Å²) in [6.07, 6.45) is 8.56. The van der Waals surface area contributed by atoms with Crippen molar-refractivity contribution in [2.75, 3.05) is 31.6 Å². The average molecular weight is 388 g/mol. The average Bonchev–Trinajstić information content (AvgIpc) is 3.16. The zero-order chi connectivity index (χ0) is 18.6. The first-order valence-corrected chi connectivity index (χ1v) is 11.0. The number of fused-ring (bicyclic) bond motifs is 1. The lowest BCUT2D eigenvalue weighted by Gasteiger charge is -2.32. The van der Waals surface area contributed by atoms with Crippen LogP contribution in [0, 0.1) is 11.8 Å². The fraction of sp³-hybridized carbons (Fsp3) is 0.619. The van der Waals surface area contributed by atoms with Crippen LogP contribution in [0.1, 0.15) is 44.9 Å². The van der Waals surface area contributed by atoms with E-state index in [0.29, 0.717) is 5.92 Å². The van der Waals surface area contributed by atoms with Gasteiger partial charge < -0.3 is 15.0 Å². The second kappa shape index (κ2) is 8.46. The van der Waals surface area contributed by atoms with Crippen LogP contribution in [-0.2, 0) is 4.79 Å². The van der Waals surface area contributed by atoms with E-state index in [1.54, 1.807) is 18.4 Å². The van der Waals surface area contributed by atoms with Crippen molar-refractivity contribution in [1.29, 1.82) is 0 Å². The minimum atomic E-state index is 0.0730. The molecular formula is C21H29N3O2S. The number of aromatic nitrogens is 1. The number of amides is 1. The minimum Gasteiger partial charge on any atom is -0.497 e. The zero-order valence-electron chi connectivity index (χ0n) is 16.1. The molecule has 5 nitrogen and oxygen atoms in total. The number of anilines is 1. The molecule has 27 heavy (non-hydrogen) atoms. The van der Waals surface area contributed by atoms with Gasteiger partial charge >= 0.3 is 0 Å². The van der Waals surface area contributed by atoms with Gasteiger partial charge in [0.2, 0.25) is 5.91 Å². The van der Waals surface area contributed by atoms with Gasteiger partial charge in [-0.3, -0.25) is 4.79 Å². The number of ether oxygens (including phenoxy) is 1. The highest BCUT2D eigenvalue weighted by Crippen LogP contribution is 2.33. The van der Waals surface area contributed by atoms with E-state index in [1.807, 2.05) is 18.2 Å². The summed E-state index contributed by atoms with van der Waals surface area (Å²) in [5.41, 5.74) is 1.000. The predicted molar refractivity (Wildman–Crippen MR) is 111 cm³/mol. The Kier molecular flexibility index (Phi) is 5.81. The Morgan fingerprint density at radius 3 is 2.93 bits per heavy atom. The third-order valence-corrected chi connectivity index (χ3v) is 7.02. The number of hydrogen-bond donors (Lipinski definition) is 1. The van der Waals surface area contributed by atoms with Crippen LogP contribution in [0.15, 0.2) is 18.2 Å². The summed E-state index contributed by atoms with van der Waals surface area (Å²) in [6.45, 7) is 2.60. The standard InChI is InChI=1S/C21H29N3O2S/c1-26-17-9-10-18-19(12-17)27-21(23-18)24-11-5-8-16(14-24)20(25)22-13-15-6-3-2-4-7-15/h9-10,12,15-16H,2-8,11,13-14H2,1H3,(H,22,25). The van der Waals surface area contributed by atoms with Gasteiger partial charge in [-0.2, -0.15) is 0 Å². The molecule has 0 spiro atoms. The summed E-state index contributed by atoms with van der Waals surface area (Å²) >= 11 is 1.69. The third kappa shape index (κ3) is 4.37. The largest absolute Gasteiger partial charge is 0.497 e. The second-order valence-corrected chi connectivity index (χ2v) is 8.87. The third-order valence-electron chi connectivity index (χ3n) is 5.94. The minimum absolute atomic E-state index is 0.0730. The number of rotatable bonds is 5. The number of methoxy groups -OCH3 is 1. The summed E-state index contributed by atoms with van der Waals surface area (Å²) in [7, 11) is 1.68. The van der Waals surface area contributed by atoms with Gasteiger partial charge in [0.25, 0.3) is 0 Å². The summed E-state index contributed by atoms with van der Waals surface area (Å²) in [6, 6.07) is 5.99. The molecule has 1 atom stereocenters. The van der Waals surface area contributed by atoms with Gasteiger partial charge in [0.05, 0.1) is 23.2 Å². The number of benzene rings is 1. The van der Waals surface area contributed by atoms with Gasteiger partial charge in [0, 0.05) is 19.6 Å². The SMILES string of the molecule is COc1ccc2nc(N3CCCC(C(=O)NCC4CCCCC4)C3)sc2c1. The number of piperidine rings is 1. The first-order chi connectivity index (χ1) is 13.2. The van der Waals surface area contributed by atoms with E-state index < -0.39 is 0 Å². The van der Waals surface area contributed by atoms with Crippen molar-refractivity contribution >= 4 is 32.6 Å². The van der Waals surface area contributed by atoms with Crippen molar-refractivity contribution in [2.45, 2.75) is 44.9 Å². The van der Waals surface area contributed by atoms with Crippen LogP contribution in [0.5, 0.6) is 5.75 Å². The molecule has 2 heterocycles. The van der Waals surface area contributed by atoms with E-state index in [1.165, 1.54) is 32.1 Å². The molecule has 4 rings (SSSR count). The van der Waals surface area contributed by atoms with Crippen molar-refractivity contribution in [2.24, 2.45) is 11.8 Å². The van der Waals surface area contributed by atoms with Gasteiger partial charge in [0.15, 0.2) is 5.13 Å². The van der Waals surface area contributed by atoms with Crippen molar-refractivity contribution in [3.63, 3.8) is 0 Å². The fourth-order valence-corrected chi connectivity index (χ4v) is 5.33. The molecule has 1 saturated carbocycles. The number of thiazole rings is 1. The topological polar surface area (TPSA) is 54.5 Å². The predicted octanol–water partition coefficient (Wildman–Crippen LogP) is 4.22. The molecule has 6 heteroatoms. The van der Waals surface area contributed by atoms with Crippen molar-refractivity contribution < 1.29 is 9.53 Å². The van der Waals surface area contributed by atoms with Crippen LogP contribution in [0.4, 0.5) is 5.13 Å². The smallest absolute Gasteiger partial charge is 0.224 e. The monoisotopic (exact) mass is 387 g/mol. The Hall–Kier alpha value is -1.82. The number of nitrogens with zero attached hydrogens (tertiary/aromatic N) is 2.